The number of aromatic nitrogens is 1. The average molecular weight is 256 g/mol. The monoisotopic (exact) mass is 256 g/mol. The van der Waals surface area contributed by atoms with E-state index < -0.39 is 5.60 Å². The van der Waals surface area contributed by atoms with E-state index in [0.29, 0.717) is 0 Å². The Labute approximate surface area is 114 Å². The molecule has 0 fully saturated rings. The maximum absolute atomic E-state index is 6.04. The van der Waals surface area contributed by atoms with Gasteiger partial charge in [-0.25, -0.2) is 0 Å². The van der Waals surface area contributed by atoms with Crippen LogP contribution in [-0.2, 0) is 5.60 Å². The van der Waals surface area contributed by atoms with Crippen LogP contribution in [0.25, 0.3) is 0 Å². The van der Waals surface area contributed by atoms with Crippen molar-refractivity contribution in [2.75, 3.05) is 0 Å². The summed E-state index contributed by atoms with van der Waals surface area (Å²) in [5.74, 6) is 0.832. The summed E-state index contributed by atoms with van der Waals surface area (Å²) in [6.45, 7) is 6.03. The van der Waals surface area contributed by atoms with E-state index >= 15 is 0 Å². The first-order valence-electron chi connectivity index (χ1n) is 6.44. The van der Waals surface area contributed by atoms with Gasteiger partial charge in [-0.05, 0) is 44.5 Å². The highest BCUT2D eigenvalue weighted by atomic mass is 16.5. The molecule has 1 aromatic heterocycles. The minimum atomic E-state index is -0.413. The third kappa shape index (κ3) is 3.32. The number of hydrogen-bond donors (Lipinski definition) is 1. The summed E-state index contributed by atoms with van der Waals surface area (Å²) in [6, 6.07) is 11.9. The van der Waals surface area contributed by atoms with Crippen LogP contribution in [0.5, 0.6) is 5.75 Å². The average Bonchev–Trinajstić information content (AvgIpc) is 2.40. The molecule has 2 aromatic rings. The van der Waals surface area contributed by atoms with Crippen molar-refractivity contribution in [3.8, 4) is 5.75 Å². The molecule has 0 aliphatic heterocycles. The summed E-state index contributed by atoms with van der Waals surface area (Å²) in [4.78, 5) is 4.13. The Hall–Kier alpha value is -1.87. The van der Waals surface area contributed by atoms with Crippen LogP contribution >= 0.6 is 0 Å². The highest BCUT2D eigenvalue weighted by Gasteiger charge is 2.22. The number of nitrogens with two attached hydrogens (primary N) is 1. The standard InChI is InChI=1S/C16H20N2O/c1-12(17)13-6-8-15(9-7-13)19-16(2,3)14-5-4-10-18-11-14/h4-12H,17H2,1-3H3. The Morgan fingerprint density at radius 3 is 2.37 bits per heavy atom. The third-order valence-electron chi connectivity index (χ3n) is 3.14. The summed E-state index contributed by atoms with van der Waals surface area (Å²) in [6.07, 6.45) is 3.59. The Morgan fingerprint density at radius 1 is 1.16 bits per heavy atom. The minimum Gasteiger partial charge on any atom is -0.483 e. The zero-order chi connectivity index (χ0) is 13.9. The number of benzene rings is 1. The van der Waals surface area contributed by atoms with Crippen molar-refractivity contribution in [3.05, 3.63) is 59.9 Å². The smallest absolute Gasteiger partial charge is 0.130 e. The van der Waals surface area contributed by atoms with Crippen LogP contribution in [-0.4, -0.2) is 4.98 Å². The molecule has 19 heavy (non-hydrogen) atoms. The summed E-state index contributed by atoms with van der Waals surface area (Å²) < 4.78 is 6.04. The lowest BCUT2D eigenvalue weighted by Gasteiger charge is -2.26. The molecule has 1 aromatic carbocycles. The molecule has 3 heteroatoms. The minimum absolute atomic E-state index is 0.0420. The highest BCUT2D eigenvalue weighted by molar-refractivity contribution is 5.30. The molecular formula is C16H20N2O. The van der Waals surface area contributed by atoms with Crippen molar-refractivity contribution in [1.82, 2.24) is 4.98 Å². The molecule has 0 amide bonds. The molecule has 1 atom stereocenters. The van der Waals surface area contributed by atoms with Gasteiger partial charge < -0.3 is 10.5 Å². The number of hydrogen-bond acceptors (Lipinski definition) is 3. The fourth-order valence-electron chi connectivity index (χ4n) is 1.91. The molecule has 1 heterocycles. The van der Waals surface area contributed by atoms with Gasteiger partial charge in [0, 0.05) is 24.0 Å². The van der Waals surface area contributed by atoms with E-state index in [1.807, 2.05) is 63.4 Å². The largest absolute Gasteiger partial charge is 0.483 e. The molecule has 2 rings (SSSR count). The molecule has 0 saturated heterocycles. The molecular weight excluding hydrogens is 236 g/mol. The normalized spacial score (nSPS) is 13.1. The predicted octanol–water partition coefficient (Wildman–Crippen LogP) is 3.42. The Bertz CT molecular complexity index is 518. The van der Waals surface area contributed by atoms with E-state index in [4.69, 9.17) is 10.5 Å². The zero-order valence-electron chi connectivity index (χ0n) is 11.6. The summed E-state index contributed by atoms with van der Waals surface area (Å²) in [5, 5.41) is 0. The summed E-state index contributed by atoms with van der Waals surface area (Å²) in [5.41, 5.74) is 7.57. The Kier molecular flexibility index (Phi) is 3.86. The van der Waals surface area contributed by atoms with Crippen LogP contribution in [0.3, 0.4) is 0 Å². The lowest BCUT2D eigenvalue weighted by molar-refractivity contribution is 0.108. The SMILES string of the molecule is CC(N)c1ccc(OC(C)(C)c2cccnc2)cc1. The van der Waals surface area contributed by atoms with Crippen LogP contribution in [0, 0.1) is 0 Å². The van der Waals surface area contributed by atoms with E-state index in [0.717, 1.165) is 16.9 Å². The first kappa shape index (κ1) is 13.6. The quantitative estimate of drug-likeness (QED) is 0.911. The van der Waals surface area contributed by atoms with Crippen molar-refractivity contribution < 1.29 is 4.74 Å². The highest BCUT2D eigenvalue weighted by Crippen LogP contribution is 2.27. The topological polar surface area (TPSA) is 48.1 Å². The Balaban J connectivity index is 2.16. The molecule has 0 saturated carbocycles. The summed E-state index contributed by atoms with van der Waals surface area (Å²) >= 11 is 0. The molecule has 3 nitrogen and oxygen atoms in total. The van der Waals surface area contributed by atoms with Gasteiger partial charge in [0.2, 0.25) is 0 Å². The second-order valence-corrected chi connectivity index (χ2v) is 5.21. The van der Waals surface area contributed by atoms with Crippen LogP contribution in [0.2, 0.25) is 0 Å². The fourth-order valence-corrected chi connectivity index (χ4v) is 1.91. The molecule has 0 radical (unpaired) electrons. The molecule has 100 valence electrons. The van der Waals surface area contributed by atoms with Crippen LogP contribution in [0.4, 0.5) is 0 Å². The van der Waals surface area contributed by atoms with Crippen LogP contribution in [0.15, 0.2) is 48.8 Å². The van der Waals surface area contributed by atoms with Gasteiger partial charge in [0.05, 0.1) is 0 Å². The molecule has 0 bridgehead atoms. The third-order valence-corrected chi connectivity index (χ3v) is 3.14. The first-order valence-corrected chi connectivity index (χ1v) is 6.44. The van der Waals surface area contributed by atoms with E-state index in [1.165, 1.54) is 0 Å². The van der Waals surface area contributed by atoms with Crippen LogP contribution < -0.4 is 10.5 Å². The van der Waals surface area contributed by atoms with Gasteiger partial charge in [-0.3, -0.25) is 4.98 Å². The van der Waals surface area contributed by atoms with Gasteiger partial charge in [0.25, 0.3) is 0 Å². The van der Waals surface area contributed by atoms with E-state index in [9.17, 15) is 0 Å². The van der Waals surface area contributed by atoms with Gasteiger partial charge in [0.15, 0.2) is 0 Å². The number of ether oxygens (including phenoxy) is 1. The maximum atomic E-state index is 6.04. The van der Waals surface area contributed by atoms with Gasteiger partial charge in [-0.2, -0.15) is 0 Å². The molecule has 0 aliphatic carbocycles. The number of pyridine rings is 1. The first-order chi connectivity index (χ1) is 8.99. The van der Waals surface area contributed by atoms with Crippen molar-refractivity contribution in [2.45, 2.75) is 32.4 Å². The molecule has 1 unspecified atom stereocenters. The van der Waals surface area contributed by atoms with Gasteiger partial charge in [0.1, 0.15) is 11.4 Å². The van der Waals surface area contributed by atoms with Crippen molar-refractivity contribution >= 4 is 0 Å². The summed E-state index contributed by atoms with van der Waals surface area (Å²) in [7, 11) is 0. The second-order valence-electron chi connectivity index (χ2n) is 5.21. The van der Waals surface area contributed by atoms with E-state index in [-0.39, 0.29) is 6.04 Å². The van der Waals surface area contributed by atoms with Gasteiger partial charge >= 0.3 is 0 Å². The maximum Gasteiger partial charge on any atom is 0.130 e. The lowest BCUT2D eigenvalue weighted by Crippen LogP contribution is -2.25. The number of nitrogens with zero attached hydrogens (tertiary/aromatic N) is 1. The Morgan fingerprint density at radius 2 is 1.84 bits per heavy atom. The fraction of sp³-hybridized carbons (Fsp3) is 0.312. The van der Waals surface area contributed by atoms with Crippen molar-refractivity contribution in [1.29, 1.82) is 0 Å². The lowest BCUT2D eigenvalue weighted by atomic mass is 10.00. The van der Waals surface area contributed by atoms with Gasteiger partial charge in [-0.15, -0.1) is 0 Å². The van der Waals surface area contributed by atoms with Crippen molar-refractivity contribution in [2.24, 2.45) is 5.73 Å². The zero-order valence-corrected chi connectivity index (χ0v) is 11.6. The van der Waals surface area contributed by atoms with E-state index in [1.54, 1.807) is 6.20 Å². The number of rotatable bonds is 4. The molecule has 2 N–H and O–H groups in total. The molecule has 0 spiro atoms. The van der Waals surface area contributed by atoms with Crippen molar-refractivity contribution in [3.63, 3.8) is 0 Å². The molecule has 0 aliphatic rings. The van der Waals surface area contributed by atoms with Crippen LogP contribution in [0.1, 0.15) is 37.9 Å². The van der Waals surface area contributed by atoms with Gasteiger partial charge in [-0.1, -0.05) is 18.2 Å². The predicted molar refractivity (Wildman–Crippen MR) is 76.9 cm³/mol. The second kappa shape index (κ2) is 5.41. The van der Waals surface area contributed by atoms with E-state index in [2.05, 4.69) is 4.98 Å².